The lowest BCUT2D eigenvalue weighted by Crippen LogP contribution is -2.52. The molecule has 1 saturated heterocycles. The highest BCUT2D eigenvalue weighted by atomic mass is 16.6. The molecule has 0 aromatic heterocycles. The third-order valence-electron chi connectivity index (χ3n) is 5.65. The van der Waals surface area contributed by atoms with E-state index in [0.717, 1.165) is 38.6 Å². The van der Waals surface area contributed by atoms with Crippen LogP contribution in [0.3, 0.4) is 0 Å². The molecule has 2 fully saturated rings. The van der Waals surface area contributed by atoms with Crippen molar-refractivity contribution in [2.45, 2.75) is 39.0 Å². The predicted molar refractivity (Wildman–Crippen MR) is 107 cm³/mol. The maximum Gasteiger partial charge on any atom is 0.409 e. The summed E-state index contributed by atoms with van der Waals surface area (Å²) in [5.41, 5.74) is 0. The van der Waals surface area contributed by atoms with Gasteiger partial charge < -0.3 is 24.8 Å². The van der Waals surface area contributed by atoms with Gasteiger partial charge in [-0.3, -0.25) is 9.59 Å². The highest BCUT2D eigenvalue weighted by Crippen LogP contribution is 2.30. The smallest absolute Gasteiger partial charge is 0.409 e. The molecule has 1 aliphatic carbocycles. The summed E-state index contributed by atoms with van der Waals surface area (Å²) in [6, 6.07) is 0. The van der Waals surface area contributed by atoms with Crippen molar-refractivity contribution in [1.29, 1.82) is 0 Å². The summed E-state index contributed by atoms with van der Waals surface area (Å²) in [5, 5.41) is 3.03. The van der Waals surface area contributed by atoms with Crippen LogP contribution in [0.1, 0.15) is 39.0 Å². The standard InChI is InChI=1S/C20H36N4O4/c1-4-28-20(27)24-14-12-23(13-15-24)19(26)17-8-6-16(7-9-17)18(25)21-10-5-11-22(2)3/h16-17H,4-15H2,1-3H3,(H,21,25). The Morgan fingerprint density at radius 1 is 0.964 bits per heavy atom. The average Bonchev–Trinajstić information content (AvgIpc) is 2.71. The minimum Gasteiger partial charge on any atom is -0.450 e. The molecular weight excluding hydrogens is 360 g/mol. The van der Waals surface area contributed by atoms with Crippen LogP contribution in [0.15, 0.2) is 0 Å². The first kappa shape index (κ1) is 22.5. The number of carbonyl (C=O) groups is 3. The number of amides is 3. The number of hydrogen-bond donors (Lipinski definition) is 1. The van der Waals surface area contributed by atoms with Crippen LogP contribution in [-0.4, -0.2) is 92.6 Å². The van der Waals surface area contributed by atoms with E-state index < -0.39 is 0 Å². The van der Waals surface area contributed by atoms with Crippen LogP contribution < -0.4 is 5.32 Å². The zero-order chi connectivity index (χ0) is 20.5. The number of nitrogens with one attached hydrogen (secondary N) is 1. The van der Waals surface area contributed by atoms with Gasteiger partial charge >= 0.3 is 6.09 Å². The van der Waals surface area contributed by atoms with Crippen molar-refractivity contribution in [3.63, 3.8) is 0 Å². The Labute approximate surface area is 168 Å². The van der Waals surface area contributed by atoms with Crippen molar-refractivity contribution < 1.29 is 19.1 Å². The number of carbonyl (C=O) groups excluding carboxylic acids is 3. The summed E-state index contributed by atoms with van der Waals surface area (Å²) in [4.78, 5) is 42.5. The Morgan fingerprint density at radius 2 is 1.54 bits per heavy atom. The Balaban J connectivity index is 1.68. The summed E-state index contributed by atoms with van der Waals surface area (Å²) in [6.07, 6.45) is 3.74. The number of hydrogen-bond acceptors (Lipinski definition) is 5. The van der Waals surface area contributed by atoms with Crippen LogP contribution in [0.2, 0.25) is 0 Å². The Bertz CT molecular complexity index is 524. The summed E-state index contributed by atoms with van der Waals surface area (Å²) < 4.78 is 5.02. The fourth-order valence-electron chi connectivity index (χ4n) is 3.94. The SMILES string of the molecule is CCOC(=O)N1CCN(C(=O)C2CCC(C(=O)NCCCN(C)C)CC2)CC1. The van der Waals surface area contributed by atoms with Gasteiger partial charge in [0.2, 0.25) is 11.8 Å². The van der Waals surface area contributed by atoms with E-state index in [0.29, 0.717) is 39.3 Å². The highest BCUT2D eigenvalue weighted by Gasteiger charge is 2.33. The Kier molecular flexibility index (Phi) is 9.02. The minimum atomic E-state index is -0.299. The zero-order valence-corrected chi connectivity index (χ0v) is 17.6. The predicted octanol–water partition coefficient (Wildman–Crippen LogP) is 1.16. The second kappa shape index (κ2) is 11.2. The lowest BCUT2D eigenvalue weighted by Gasteiger charge is -2.37. The summed E-state index contributed by atoms with van der Waals surface area (Å²) in [6.45, 7) is 5.99. The molecule has 2 aliphatic rings. The van der Waals surface area contributed by atoms with Crippen molar-refractivity contribution in [2.75, 3.05) is 60.0 Å². The minimum absolute atomic E-state index is 0.00642. The molecule has 1 aliphatic heterocycles. The second-order valence-electron chi connectivity index (χ2n) is 8.01. The van der Waals surface area contributed by atoms with Gasteiger partial charge in [0.15, 0.2) is 0 Å². The van der Waals surface area contributed by atoms with Crippen molar-refractivity contribution in [3.05, 3.63) is 0 Å². The molecule has 0 atom stereocenters. The fraction of sp³-hybridized carbons (Fsp3) is 0.850. The lowest BCUT2D eigenvalue weighted by atomic mass is 9.81. The summed E-state index contributed by atoms with van der Waals surface area (Å²) >= 11 is 0. The van der Waals surface area contributed by atoms with Crippen molar-refractivity contribution in [2.24, 2.45) is 11.8 Å². The van der Waals surface area contributed by atoms with Gasteiger partial charge in [-0.05, 0) is 59.7 Å². The molecule has 1 N–H and O–H groups in total. The van der Waals surface area contributed by atoms with E-state index >= 15 is 0 Å². The molecule has 0 unspecified atom stereocenters. The van der Waals surface area contributed by atoms with Crippen molar-refractivity contribution in [3.8, 4) is 0 Å². The molecule has 0 radical (unpaired) electrons. The van der Waals surface area contributed by atoms with Crippen LogP contribution in [0.5, 0.6) is 0 Å². The van der Waals surface area contributed by atoms with Gasteiger partial charge in [-0.2, -0.15) is 0 Å². The molecule has 0 bridgehead atoms. The largest absolute Gasteiger partial charge is 0.450 e. The lowest BCUT2D eigenvalue weighted by molar-refractivity contribution is -0.139. The van der Waals surface area contributed by atoms with E-state index in [4.69, 9.17) is 4.74 Å². The molecule has 0 spiro atoms. The number of piperazine rings is 1. The first-order chi connectivity index (χ1) is 13.4. The van der Waals surface area contributed by atoms with E-state index in [-0.39, 0.29) is 29.7 Å². The van der Waals surface area contributed by atoms with Crippen LogP contribution in [-0.2, 0) is 14.3 Å². The molecule has 8 nitrogen and oxygen atoms in total. The highest BCUT2D eigenvalue weighted by molar-refractivity contribution is 5.81. The molecule has 0 aromatic carbocycles. The van der Waals surface area contributed by atoms with Crippen LogP contribution in [0.4, 0.5) is 4.79 Å². The molecular formula is C20H36N4O4. The van der Waals surface area contributed by atoms with Gasteiger partial charge in [0.05, 0.1) is 6.61 Å². The number of ether oxygens (including phenoxy) is 1. The first-order valence-corrected chi connectivity index (χ1v) is 10.5. The molecule has 1 saturated carbocycles. The summed E-state index contributed by atoms with van der Waals surface area (Å²) in [7, 11) is 4.05. The Morgan fingerprint density at radius 3 is 2.11 bits per heavy atom. The van der Waals surface area contributed by atoms with Gasteiger partial charge in [-0.15, -0.1) is 0 Å². The van der Waals surface area contributed by atoms with Crippen molar-refractivity contribution in [1.82, 2.24) is 20.0 Å². The molecule has 160 valence electrons. The zero-order valence-electron chi connectivity index (χ0n) is 17.6. The van der Waals surface area contributed by atoms with Crippen molar-refractivity contribution >= 4 is 17.9 Å². The van der Waals surface area contributed by atoms with E-state index in [2.05, 4.69) is 10.2 Å². The molecule has 1 heterocycles. The second-order valence-corrected chi connectivity index (χ2v) is 8.01. The normalized spacial score (nSPS) is 22.9. The van der Waals surface area contributed by atoms with E-state index in [1.807, 2.05) is 19.0 Å². The molecule has 0 aromatic rings. The topological polar surface area (TPSA) is 82.2 Å². The van der Waals surface area contributed by atoms with Crippen LogP contribution >= 0.6 is 0 Å². The van der Waals surface area contributed by atoms with Gasteiger partial charge in [0.1, 0.15) is 0 Å². The monoisotopic (exact) mass is 396 g/mol. The third kappa shape index (κ3) is 6.65. The van der Waals surface area contributed by atoms with Gasteiger partial charge in [0.25, 0.3) is 0 Å². The molecule has 8 heteroatoms. The maximum atomic E-state index is 12.8. The van der Waals surface area contributed by atoms with Crippen LogP contribution in [0.25, 0.3) is 0 Å². The first-order valence-electron chi connectivity index (χ1n) is 10.5. The molecule has 2 rings (SSSR count). The van der Waals surface area contributed by atoms with Gasteiger partial charge in [0, 0.05) is 44.6 Å². The Hall–Kier alpha value is -1.83. The molecule has 3 amide bonds. The fourth-order valence-corrected chi connectivity index (χ4v) is 3.94. The number of rotatable bonds is 7. The van der Waals surface area contributed by atoms with Gasteiger partial charge in [-0.25, -0.2) is 4.79 Å². The van der Waals surface area contributed by atoms with E-state index in [9.17, 15) is 14.4 Å². The van der Waals surface area contributed by atoms with E-state index in [1.54, 1.807) is 11.8 Å². The van der Waals surface area contributed by atoms with E-state index in [1.165, 1.54) is 0 Å². The van der Waals surface area contributed by atoms with Crippen LogP contribution in [0, 0.1) is 11.8 Å². The average molecular weight is 397 g/mol. The van der Waals surface area contributed by atoms with Gasteiger partial charge in [-0.1, -0.05) is 0 Å². The number of nitrogens with zero attached hydrogens (tertiary/aromatic N) is 3. The third-order valence-corrected chi connectivity index (χ3v) is 5.65. The molecule has 28 heavy (non-hydrogen) atoms. The maximum absolute atomic E-state index is 12.8. The summed E-state index contributed by atoms with van der Waals surface area (Å²) in [5.74, 6) is 0.344. The quantitative estimate of drug-likeness (QED) is 0.653.